The molecule has 2 fully saturated rings. The summed E-state index contributed by atoms with van der Waals surface area (Å²) in [7, 11) is 0. The number of nitrogens with two attached hydrogens (primary N) is 1. The lowest BCUT2D eigenvalue weighted by molar-refractivity contribution is -0.143. The van der Waals surface area contributed by atoms with Crippen LogP contribution in [-0.2, 0) is 15.8 Å². The van der Waals surface area contributed by atoms with E-state index in [1.165, 1.54) is 6.07 Å². The first kappa shape index (κ1) is 20.0. The minimum absolute atomic E-state index is 0.0210. The van der Waals surface area contributed by atoms with E-state index in [1.54, 1.807) is 0 Å². The number of ether oxygens (including phenoxy) is 1. The van der Waals surface area contributed by atoms with Crippen molar-refractivity contribution >= 4 is 17.5 Å². The first-order valence-electron chi connectivity index (χ1n) is 9.88. The lowest BCUT2D eigenvalue weighted by Gasteiger charge is -2.42. The van der Waals surface area contributed by atoms with Crippen molar-refractivity contribution in [2.24, 2.45) is 11.1 Å². The number of fused-ring (bicyclic) bond motifs is 1. The smallest absolute Gasteiger partial charge is 0.416 e. The van der Waals surface area contributed by atoms with E-state index < -0.39 is 23.1 Å². The molecule has 1 spiro atoms. The highest BCUT2D eigenvalue weighted by molar-refractivity contribution is 6.01. The summed E-state index contributed by atoms with van der Waals surface area (Å²) < 4.78 is 45.9. The van der Waals surface area contributed by atoms with Crippen LogP contribution in [-0.4, -0.2) is 37.0 Å². The maximum Gasteiger partial charge on any atom is 0.416 e. The van der Waals surface area contributed by atoms with Crippen LogP contribution in [0.5, 0.6) is 5.75 Å². The summed E-state index contributed by atoms with van der Waals surface area (Å²) in [6.45, 7) is 0.230. The van der Waals surface area contributed by atoms with Crippen LogP contribution in [0, 0.1) is 5.41 Å². The zero-order valence-corrected chi connectivity index (χ0v) is 15.9. The Morgan fingerprint density at radius 1 is 1.17 bits per heavy atom. The summed E-state index contributed by atoms with van der Waals surface area (Å²) in [5.41, 5.74) is 4.63. The molecule has 4 rings (SSSR count). The Morgan fingerprint density at radius 3 is 2.55 bits per heavy atom. The largest absolute Gasteiger partial charge is 0.490 e. The van der Waals surface area contributed by atoms with Crippen molar-refractivity contribution in [3.63, 3.8) is 0 Å². The molecule has 0 radical (unpaired) electrons. The molecule has 1 saturated carbocycles. The molecule has 1 atom stereocenters. The Labute approximate surface area is 166 Å². The molecular weight excluding hydrogens is 387 g/mol. The number of halogens is 3. The predicted octanol–water partition coefficient (Wildman–Crippen LogP) is 2.60. The van der Waals surface area contributed by atoms with Crippen LogP contribution in [0.4, 0.5) is 18.9 Å². The minimum atomic E-state index is -4.48. The van der Waals surface area contributed by atoms with Crippen molar-refractivity contribution in [1.82, 2.24) is 5.32 Å². The molecule has 1 aliphatic carbocycles. The second kappa shape index (κ2) is 7.19. The Morgan fingerprint density at radius 2 is 1.90 bits per heavy atom. The average Bonchev–Trinajstić information content (AvgIpc) is 2.83. The number of amides is 2. The molecular formula is C20H24F3N3O3. The molecule has 3 N–H and O–H groups in total. The van der Waals surface area contributed by atoms with E-state index >= 15 is 0 Å². The van der Waals surface area contributed by atoms with E-state index in [4.69, 9.17) is 10.5 Å². The minimum Gasteiger partial charge on any atom is -0.490 e. The second-order valence-electron chi connectivity index (χ2n) is 8.32. The number of hydrogen-bond acceptors (Lipinski definition) is 5. The van der Waals surface area contributed by atoms with Gasteiger partial charge in [0.25, 0.3) is 0 Å². The lowest BCUT2D eigenvalue weighted by Crippen LogP contribution is -2.57. The molecule has 0 bridgehead atoms. The molecule has 2 amide bonds. The standard InChI is InChI=1S/C20H24F3N3O3/c21-20(22,23)12-1-6-16-15(9-12)26(14-4-2-13(24)3-5-14)10-19(11-29-16)8-7-17(27)25-18(19)28/h1,6,9,13-14H,2-5,7-8,10-11,24H2,(H,25,27,28)/t13-,14-,19?. The van der Waals surface area contributed by atoms with Gasteiger partial charge in [-0.1, -0.05) is 0 Å². The highest BCUT2D eigenvalue weighted by atomic mass is 19.4. The van der Waals surface area contributed by atoms with Crippen LogP contribution in [0.3, 0.4) is 0 Å². The number of nitrogens with one attached hydrogen (secondary N) is 1. The molecule has 9 heteroatoms. The molecule has 6 nitrogen and oxygen atoms in total. The van der Waals surface area contributed by atoms with Gasteiger partial charge in [-0.15, -0.1) is 0 Å². The van der Waals surface area contributed by atoms with E-state index in [0.717, 1.165) is 37.8 Å². The number of anilines is 1. The Bertz CT molecular complexity index is 821. The fraction of sp³-hybridized carbons (Fsp3) is 0.600. The quantitative estimate of drug-likeness (QED) is 0.694. The fourth-order valence-electron chi connectivity index (χ4n) is 4.53. The third-order valence-corrected chi connectivity index (χ3v) is 6.32. The maximum absolute atomic E-state index is 13.4. The van der Waals surface area contributed by atoms with Crippen LogP contribution in [0.2, 0.25) is 0 Å². The number of carbonyl (C=O) groups is 2. The van der Waals surface area contributed by atoms with Crippen LogP contribution in [0.15, 0.2) is 18.2 Å². The number of hydrogen-bond donors (Lipinski definition) is 2. The number of piperidine rings is 1. The van der Waals surface area contributed by atoms with E-state index in [-0.39, 0.29) is 37.6 Å². The van der Waals surface area contributed by atoms with E-state index in [0.29, 0.717) is 17.9 Å². The number of alkyl halides is 3. The van der Waals surface area contributed by atoms with Gasteiger partial charge in [0.1, 0.15) is 17.8 Å². The van der Waals surface area contributed by atoms with Crippen LogP contribution in [0.1, 0.15) is 44.1 Å². The van der Waals surface area contributed by atoms with E-state index in [2.05, 4.69) is 5.32 Å². The highest BCUT2D eigenvalue weighted by Gasteiger charge is 2.48. The summed E-state index contributed by atoms with van der Waals surface area (Å²) in [5, 5.41) is 2.38. The van der Waals surface area contributed by atoms with Crippen LogP contribution >= 0.6 is 0 Å². The summed E-state index contributed by atoms with van der Waals surface area (Å²) >= 11 is 0. The van der Waals surface area contributed by atoms with Crippen LogP contribution in [0.25, 0.3) is 0 Å². The van der Waals surface area contributed by atoms with Crippen molar-refractivity contribution in [2.45, 2.75) is 56.8 Å². The van der Waals surface area contributed by atoms with Gasteiger partial charge in [0.05, 0.1) is 11.3 Å². The number of rotatable bonds is 1. The first-order valence-corrected chi connectivity index (χ1v) is 9.88. The van der Waals surface area contributed by atoms with Gasteiger partial charge in [0.2, 0.25) is 11.8 Å². The van der Waals surface area contributed by atoms with E-state index in [9.17, 15) is 22.8 Å². The van der Waals surface area contributed by atoms with Crippen molar-refractivity contribution in [3.05, 3.63) is 23.8 Å². The summed E-state index contributed by atoms with van der Waals surface area (Å²) in [6.07, 6.45) is -0.986. The molecule has 2 aliphatic heterocycles. The predicted molar refractivity (Wildman–Crippen MR) is 99.3 cm³/mol. The Hall–Kier alpha value is -2.29. The molecule has 2 heterocycles. The Kier molecular flexibility index (Phi) is 4.96. The van der Waals surface area contributed by atoms with Crippen LogP contribution < -0.4 is 20.7 Å². The second-order valence-corrected chi connectivity index (χ2v) is 8.32. The van der Waals surface area contributed by atoms with Gasteiger partial charge in [-0.25, -0.2) is 0 Å². The third-order valence-electron chi connectivity index (χ3n) is 6.32. The SMILES string of the molecule is N[C@H]1CC[C@H](N2CC3(CCC(=O)NC3=O)COc3ccc(C(F)(F)F)cc32)CC1. The molecule has 29 heavy (non-hydrogen) atoms. The average molecular weight is 411 g/mol. The van der Waals surface area contributed by atoms with Gasteiger partial charge in [-0.2, -0.15) is 13.2 Å². The maximum atomic E-state index is 13.4. The monoisotopic (exact) mass is 411 g/mol. The third kappa shape index (κ3) is 3.80. The molecule has 1 saturated heterocycles. The van der Waals surface area contributed by atoms with Crippen molar-refractivity contribution in [3.8, 4) is 5.75 Å². The number of nitrogens with zero attached hydrogens (tertiary/aromatic N) is 1. The van der Waals surface area contributed by atoms with Gasteiger partial charge >= 0.3 is 6.18 Å². The number of imide groups is 1. The normalized spacial score (nSPS) is 30.4. The number of benzene rings is 1. The van der Waals surface area contributed by atoms with Crippen molar-refractivity contribution in [2.75, 3.05) is 18.1 Å². The van der Waals surface area contributed by atoms with Gasteiger partial charge in [-0.3, -0.25) is 14.9 Å². The van der Waals surface area contributed by atoms with Gasteiger partial charge in [0.15, 0.2) is 0 Å². The topological polar surface area (TPSA) is 84.7 Å². The van der Waals surface area contributed by atoms with Crippen molar-refractivity contribution < 1.29 is 27.5 Å². The fourth-order valence-corrected chi connectivity index (χ4v) is 4.53. The molecule has 3 aliphatic rings. The summed E-state index contributed by atoms with van der Waals surface area (Å²) in [6, 6.07) is 3.47. The summed E-state index contributed by atoms with van der Waals surface area (Å²) in [5.74, 6) is -0.429. The van der Waals surface area contributed by atoms with Gasteiger partial charge in [-0.05, 0) is 50.3 Å². The van der Waals surface area contributed by atoms with Gasteiger partial charge in [0, 0.05) is 25.0 Å². The summed E-state index contributed by atoms with van der Waals surface area (Å²) in [4.78, 5) is 26.3. The lowest BCUT2D eigenvalue weighted by atomic mass is 9.78. The molecule has 1 unspecified atom stereocenters. The Balaban J connectivity index is 1.74. The van der Waals surface area contributed by atoms with E-state index in [1.807, 2.05) is 4.90 Å². The zero-order valence-electron chi connectivity index (χ0n) is 15.9. The zero-order chi connectivity index (χ0) is 20.8. The first-order chi connectivity index (χ1) is 13.7. The van der Waals surface area contributed by atoms with Crippen molar-refractivity contribution in [1.29, 1.82) is 0 Å². The molecule has 1 aromatic carbocycles. The molecule has 1 aromatic rings. The molecule has 0 aromatic heterocycles. The highest BCUT2D eigenvalue weighted by Crippen LogP contribution is 2.44. The number of carbonyl (C=O) groups excluding carboxylic acids is 2. The molecule has 158 valence electrons. The van der Waals surface area contributed by atoms with Gasteiger partial charge < -0.3 is 15.4 Å².